The van der Waals surface area contributed by atoms with E-state index in [4.69, 9.17) is 0 Å². The van der Waals surface area contributed by atoms with Crippen molar-refractivity contribution in [3.63, 3.8) is 0 Å². The first-order chi connectivity index (χ1) is 16.6. The Morgan fingerprint density at radius 3 is 2.03 bits per heavy atom. The van der Waals surface area contributed by atoms with Crippen LogP contribution in [0.2, 0.25) is 0 Å². The van der Waals surface area contributed by atoms with Crippen LogP contribution in [-0.2, 0) is 14.4 Å². The molecule has 0 aromatic rings. The number of rotatable bonds is 4. The highest BCUT2D eigenvalue weighted by atomic mass is 16.4. The smallest absolute Gasteiger partial charge is 0.310 e. The lowest BCUT2D eigenvalue weighted by Crippen LogP contribution is -2.68. The van der Waals surface area contributed by atoms with E-state index in [1.165, 1.54) is 0 Å². The van der Waals surface area contributed by atoms with Crippen molar-refractivity contribution in [3.8, 4) is 0 Å². The molecule has 5 aliphatic rings. The second kappa shape index (κ2) is 7.60. The fourth-order valence-corrected chi connectivity index (χ4v) is 11.9. The minimum atomic E-state index is -1.04. The van der Waals surface area contributed by atoms with Gasteiger partial charge in [-0.1, -0.05) is 39.8 Å². The largest absolute Gasteiger partial charge is 0.481 e. The lowest BCUT2D eigenvalue weighted by molar-refractivity contribution is -0.239. The maximum Gasteiger partial charge on any atom is 0.310 e. The van der Waals surface area contributed by atoms with Gasteiger partial charge >= 0.3 is 17.9 Å². The number of aliphatic carboxylic acids is 3. The first kappa shape index (κ1) is 25.8. The minimum absolute atomic E-state index is 0.0130. The molecule has 5 aliphatic carbocycles. The summed E-state index contributed by atoms with van der Waals surface area (Å²) in [6.45, 7) is 14.9. The van der Waals surface area contributed by atoms with E-state index in [1.807, 2.05) is 6.92 Å². The second-order valence-corrected chi connectivity index (χ2v) is 14.4. The highest BCUT2D eigenvalue weighted by Gasteiger charge is 2.77. The van der Waals surface area contributed by atoms with Gasteiger partial charge in [-0.05, 0) is 111 Å². The highest BCUT2D eigenvalue weighted by molar-refractivity contribution is 5.81. The summed E-state index contributed by atoms with van der Waals surface area (Å²) in [4.78, 5) is 39.0. The van der Waals surface area contributed by atoms with E-state index in [0.29, 0.717) is 32.1 Å². The second-order valence-electron chi connectivity index (χ2n) is 14.4. The molecule has 0 radical (unpaired) electrons. The van der Waals surface area contributed by atoms with Crippen molar-refractivity contribution >= 4 is 17.9 Å². The van der Waals surface area contributed by atoms with E-state index in [0.717, 1.165) is 31.3 Å². The molecular formula is C30H44O6. The molecule has 200 valence electrons. The maximum atomic E-state index is 13.6. The van der Waals surface area contributed by atoms with Gasteiger partial charge in [0, 0.05) is 0 Å². The van der Waals surface area contributed by atoms with E-state index >= 15 is 0 Å². The van der Waals surface area contributed by atoms with Gasteiger partial charge in [0.25, 0.3) is 0 Å². The van der Waals surface area contributed by atoms with Crippen LogP contribution < -0.4 is 0 Å². The summed E-state index contributed by atoms with van der Waals surface area (Å²) in [6.07, 6.45) is 5.76. The fraction of sp³-hybridized carbons (Fsp3) is 0.833. The Labute approximate surface area is 214 Å². The van der Waals surface area contributed by atoms with Gasteiger partial charge in [-0.2, -0.15) is 0 Å². The lowest BCUT2D eigenvalue weighted by atomic mass is 9.33. The third-order valence-corrected chi connectivity index (χ3v) is 13.2. The van der Waals surface area contributed by atoms with Gasteiger partial charge in [-0.3, -0.25) is 14.4 Å². The number of carboxylic acid groups (broad SMARTS) is 3. The van der Waals surface area contributed by atoms with Crippen LogP contribution in [0.3, 0.4) is 0 Å². The molecule has 3 N–H and O–H groups in total. The monoisotopic (exact) mass is 500 g/mol. The Balaban J connectivity index is 1.68. The van der Waals surface area contributed by atoms with Crippen LogP contribution in [0.1, 0.15) is 92.4 Å². The molecule has 0 aliphatic heterocycles. The van der Waals surface area contributed by atoms with Crippen LogP contribution in [0.4, 0.5) is 0 Å². The van der Waals surface area contributed by atoms with Crippen molar-refractivity contribution in [3.05, 3.63) is 12.2 Å². The molecule has 5 fully saturated rings. The van der Waals surface area contributed by atoms with E-state index in [-0.39, 0.29) is 35.0 Å². The summed E-state index contributed by atoms with van der Waals surface area (Å²) in [5.41, 5.74) is -2.10. The van der Waals surface area contributed by atoms with Gasteiger partial charge in [0.2, 0.25) is 0 Å². The number of hydrogen-bond acceptors (Lipinski definition) is 3. The Morgan fingerprint density at radius 2 is 1.47 bits per heavy atom. The summed E-state index contributed by atoms with van der Waals surface area (Å²) in [5, 5.41) is 31.9. The van der Waals surface area contributed by atoms with Crippen molar-refractivity contribution in [2.24, 2.45) is 62.6 Å². The van der Waals surface area contributed by atoms with Crippen LogP contribution in [0, 0.1) is 62.6 Å². The van der Waals surface area contributed by atoms with Crippen molar-refractivity contribution in [1.29, 1.82) is 0 Å². The summed E-state index contributed by atoms with van der Waals surface area (Å²) in [5.74, 6) is -3.02. The normalized spacial score (nSPS) is 50.8. The minimum Gasteiger partial charge on any atom is -0.481 e. The summed E-state index contributed by atoms with van der Waals surface area (Å²) in [7, 11) is 0. The highest BCUT2D eigenvalue weighted by Crippen LogP contribution is 2.79. The number of allylic oxidation sites excluding steroid dienone is 1. The van der Waals surface area contributed by atoms with Crippen molar-refractivity contribution in [1.82, 2.24) is 0 Å². The topological polar surface area (TPSA) is 112 Å². The van der Waals surface area contributed by atoms with E-state index in [9.17, 15) is 29.7 Å². The molecule has 6 nitrogen and oxygen atoms in total. The fourth-order valence-electron chi connectivity index (χ4n) is 11.9. The lowest BCUT2D eigenvalue weighted by Gasteiger charge is -2.69. The Bertz CT molecular complexity index is 1030. The molecule has 5 rings (SSSR count). The quantitative estimate of drug-likeness (QED) is 0.402. The van der Waals surface area contributed by atoms with Crippen LogP contribution in [0.25, 0.3) is 0 Å². The Kier molecular flexibility index (Phi) is 5.44. The molecule has 0 heterocycles. The molecular weight excluding hydrogens is 456 g/mol. The van der Waals surface area contributed by atoms with E-state index in [2.05, 4.69) is 34.3 Å². The van der Waals surface area contributed by atoms with Crippen molar-refractivity contribution in [2.75, 3.05) is 0 Å². The zero-order valence-electron chi connectivity index (χ0n) is 22.6. The molecule has 10 atom stereocenters. The van der Waals surface area contributed by atoms with Crippen molar-refractivity contribution in [2.45, 2.75) is 92.4 Å². The van der Waals surface area contributed by atoms with Gasteiger partial charge in [0.05, 0.1) is 16.7 Å². The molecule has 0 aromatic heterocycles. The molecule has 0 unspecified atom stereocenters. The third kappa shape index (κ3) is 2.77. The predicted octanol–water partition coefficient (Wildman–Crippen LogP) is 6.10. The molecule has 6 heteroatoms. The molecule has 0 amide bonds. The summed E-state index contributed by atoms with van der Waals surface area (Å²) >= 11 is 0. The maximum absolute atomic E-state index is 13.6. The first-order valence-corrected chi connectivity index (χ1v) is 14.0. The molecule has 5 saturated carbocycles. The number of hydrogen-bond donors (Lipinski definition) is 3. The van der Waals surface area contributed by atoms with Gasteiger partial charge < -0.3 is 15.3 Å². The zero-order chi connectivity index (χ0) is 26.6. The molecule has 36 heavy (non-hydrogen) atoms. The van der Waals surface area contributed by atoms with E-state index in [1.54, 1.807) is 0 Å². The molecule has 0 saturated heterocycles. The van der Waals surface area contributed by atoms with Crippen LogP contribution in [0.15, 0.2) is 12.2 Å². The first-order valence-electron chi connectivity index (χ1n) is 14.0. The third-order valence-electron chi connectivity index (χ3n) is 13.2. The van der Waals surface area contributed by atoms with Crippen LogP contribution in [0.5, 0.6) is 0 Å². The van der Waals surface area contributed by atoms with E-state index < -0.39 is 45.5 Å². The Hall–Kier alpha value is -1.85. The van der Waals surface area contributed by atoms with Gasteiger partial charge in [0.1, 0.15) is 0 Å². The van der Waals surface area contributed by atoms with Crippen molar-refractivity contribution < 1.29 is 29.7 Å². The molecule has 0 bridgehead atoms. The predicted molar refractivity (Wildman–Crippen MR) is 135 cm³/mol. The summed E-state index contributed by atoms with van der Waals surface area (Å²) in [6, 6.07) is 0. The van der Waals surface area contributed by atoms with Crippen LogP contribution in [-0.4, -0.2) is 33.2 Å². The Morgan fingerprint density at radius 1 is 0.806 bits per heavy atom. The average Bonchev–Trinajstić information content (AvgIpc) is 3.27. The van der Waals surface area contributed by atoms with Gasteiger partial charge in [0.15, 0.2) is 0 Å². The number of carboxylic acids is 3. The SMILES string of the molecule is C=C(C)[C@@H]1CC[C@]2(C(=O)O)CC[C@]3(C(=O)O)[C@H](CC[C@@H]4[C@@]5(C)[C@@H](C(=O)O)CC(C)(C)[C@@H]5CC[C@]43C)[C@@H]12. The van der Waals surface area contributed by atoms with Gasteiger partial charge in [-0.25, -0.2) is 0 Å². The molecule has 0 aromatic carbocycles. The average molecular weight is 501 g/mol. The van der Waals surface area contributed by atoms with Gasteiger partial charge in [-0.15, -0.1) is 0 Å². The zero-order valence-corrected chi connectivity index (χ0v) is 22.6. The number of fused-ring (bicyclic) bond motifs is 7. The molecule has 0 spiro atoms. The summed E-state index contributed by atoms with van der Waals surface area (Å²) < 4.78 is 0. The number of carbonyl (C=O) groups is 3. The standard InChI is InChI=1S/C30H44O6/c1-16(2)17-9-12-29(24(33)34)13-14-30(25(35)36)18(22(17)29)7-8-21-27(30,5)11-10-20-26(3,4)15-19(23(31)32)28(20,21)6/h17-22H,1,7-15H2,2-6H3,(H,31,32)(H,33,34)(H,35,36)/t17-,18+,19+,20-,21-,22+,27+,28-,29-,30+/m0/s1. The van der Waals surface area contributed by atoms with Crippen LogP contribution >= 0.6 is 0 Å².